The molecule has 0 aliphatic rings. The number of carbonyl (C=O) groups is 1. The zero-order valence-electron chi connectivity index (χ0n) is 46.1. The van der Waals surface area contributed by atoms with Crippen molar-refractivity contribution in [2.75, 3.05) is 0 Å². The smallest absolute Gasteiger partial charge is 0.374 e. The van der Waals surface area contributed by atoms with Crippen LogP contribution < -0.4 is 0 Å². The number of hydrogen-bond acceptors (Lipinski definition) is 6. The van der Waals surface area contributed by atoms with Gasteiger partial charge in [-0.05, 0) is 93.8 Å². The van der Waals surface area contributed by atoms with Crippen molar-refractivity contribution >= 4 is 17.0 Å². The van der Waals surface area contributed by atoms with Gasteiger partial charge >= 0.3 is 5.97 Å². The molecule has 0 saturated carbocycles. The first-order valence-electron chi connectivity index (χ1n) is 25.2. The van der Waals surface area contributed by atoms with Crippen LogP contribution in [-0.2, 0) is 31.4 Å². The summed E-state index contributed by atoms with van der Waals surface area (Å²) < 4.78 is 95.2. The topological polar surface area (TPSA) is 97.5 Å². The van der Waals surface area contributed by atoms with Gasteiger partial charge in [-0.1, -0.05) is 144 Å². The third-order valence-corrected chi connectivity index (χ3v) is 10.6. The SMILES string of the molecule is [2H]c1nc(-c2[c-]c(-c3cccc4c3nc(-c3ccccc3O)n4-c3ccc(-c4cc(C([2H])(C)C)cc(C([2H])(C)C)c4)cc3C(=O)OO)cc(C(C)(C)C)c2)cc(-c2c([2H])c([2H])c(C([2H])([2H])[2H])c([2H])c2[2H])c1[2H].[Pt]. The van der Waals surface area contributed by atoms with Crippen molar-refractivity contribution in [3.05, 3.63) is 167 Å². The molecule has 8 aromatic rings. The van der Waals surface area contributed by atoms with E-state index in [0.717, 1.165) is 5.56 Å². The van der Waals surface area contributed by atoms with Gasteiger partial charge < -0.3 is 5.11 Å². The fraction of sp³-hybridized carbons (Fsp3) is 0.204. The minimum Gasteiger partial charge on any atom is -0.507 e. The van der Waals surface area contributed by atoms with E-state index < -0.39 is 72.0 Å². The van der Waals surface area contributed by atoms with Crippen LogP contribution in [0.4, 0.5) is 0 Å². The summed E-state index contributed by atoms with van der Waals surface area (Å²) in [5.41, 5.74) is 4.16. The quantitative estimate of drug-likeness (QED) is 0.0849. The third kappa shape index (κ3) is 8.65. The van der Waals surface area contributed by atoms with Gasteiger partial charge in [0.25, 0.3) is 0 Å². The molecular formula is C54H50N3O4Pt-. The molecule has 0 unspecified atom stereocenters. The van der Waals surface area contributed by atoms with E-state index in [9.17, 15) is 15.2 Å². The van der Waals surface area contributed by atoms with Gasteiger partial charge in [-0.3, -0.25) is 14.4 Å². The van der Waals surface area contributed by atoms with Gasteiger partial charge in [-0.2, -0.15) is 5.26 Å². The molecule has 0 saturated heterocycles. The number of imidazole rings is 1. The average molecular weight is 1010 g/mol. The zero-order valence-corrected chi connectivity index (χ0v) is 37.4. The number of hydrogen-bond donors (Lipinski definition) is 2. The van der Waals surface area contributed by atoms with Crippen LogP contribution in [0, 0.1) is 12.9 Å². The van der Waals surface area contributed by atoms with Gasteiger partial charge in [0.05, 0.1) is 36.1 Å². The summed E-state index contributed by atoms with van der Waals surface area (Å²) >= 11 is 0. The predicted octanol–water partition coefficient (Wildman–Crippen LogP) is 13.7. The van der Waals surface area contributed by atoms with E-state index in [0.29, 0.717) is 55.5 Å². The number of para-hydroxylation sites is 2. The second-order valence-corrected chi connectivity index (χ2v) is 16.4. The minimum atomic E-state index is -2.96. The van der Waals surface area contributed by atoms with Crippen molar-refractivity contribution in [1.29, 1.82) is 0 Å². The van der Waals surface area contributed by atoms with Crippen molar-refractivity contribution in [1.82, 2.24) is 14.5 Å². The van der Waals surface area contributed by atoms with E-state index in [-0.39, 0.29) is 60.7 Å². The van der Waals surface area contributed by atoms with E-state index in [1.165, 1.54) is 12.1 Å². The molecule has 62 heavy (non-hydrogen) atoms. The molecule has 6 aromatic carbocycles. The number of phenolic OH excluding ortho intramolecular Hbond substituents is 1. The van der Waals surface area contributed by atoms with Crippen LogP contribution in [0.5, 0.6) is 5.75 Å². The van der Waals surface area contributed by atoms with Crippen molar-refractivity contribution in [2.24, 2.45) is 0 Å². The van der Waals surface area contributed by atoms with E-state index in [1.54, 1.807) is 86.9 Å². The molecule has 0 atom stereocenters. The summed E-state index contributed by atoms with van der Waals surface area (Å²) in [6, 6.07) is 27.5. The molecule has 2 heterocycles. The molecule has 2 N–H and O–H groups in total. The maximum atomic E-state index is 13.8. The number of benzene rings is 6. The van der Waals surface area contributed by atoms with Crippen molar-refractivity contribution in [3.8, 4) is 67.5 Å². The second-order valence-electron chi connectivity index (χ2n) is 16.4. The molecule has 0 aliphatic heterocycles. The Morgan fingerprint density at radius 2 is 1.48 bits per heavy atom. The van der Waals surface area contributed by atoms with Crippen molar-refractivity contribution in [3.63, 3.8) is 0 Å². The molecule has 7 nitrogen and oxygen atoms in total. The normalized spacial score (nSPS) is 14.7. The Hall–Kier alpha value is -6.14. The molecule has 8 rings (SSSR count). The molecule has 0 amide bonds. The fourth-order valence-electron chi connectivity index (χ4n) is 7.26. The summed E-state index contributed by atoms with van der Waals surface area (Å²) in [6.45, 7) is 10.0. The third-order valence-electron chi connectivity index (χ3n) is 10.6. The molecule has 8 heteroatoms. The molecule has 0 radical (unpaired) electrons. The first kappa shape index (κ1) is 31.7. The summed E-state index contributed by atoms with van der Waals surface area (Å²) in [5.74, 6) is -3.07. The van der Waals surface area contributed by atoms with E-state index in [2.05, 4.69) is 15.9 Å². The largest absolute Gasteiger partial charge is 0.507 e. The Balaban J connectivity index is 0.00000780. The maximum Gasteiger partial charge on any atom is 0.374 e. The standard InChI is InChI=1S/C54H50N3O4.Pt/c1-32(2)38-24-39(33(3)4)26-40(25-38)36-20-21-48(46(30-36)53(59)61-60)57-49-14-11-13-44(51(49)56-52(57)45-12-9-10-15-50(45)58)41-27-42(29-43(28-41)54(6,7)8)47-31-37(22-23-55-47)35-18-16-34(5)17-19-35;/h9-26,28-33,58,60H,1-8H3;/q-1;/i5D3,16D,17D,18D,19D,22D,23D,32D,33D;. The van der Waals surface area contributed by atoms with Crippen LogP contribution in [0.1, 0.15) is 108 Å². The number of pyridine rings is 1. The Kier molecular flexibility index (Phi) is 9.03. The summed E-state index contributed by atoms with van der Waals surface area (Å²) in [5, 5.41) is 21.3. The van der Waals surface area contributed by atoms with Crippen LogP contribution in [0.3, 0.4) is 0 Å². The number of aromatic nitrogens is 3. The number of rotatable bonds is 9. The summed E-state index contributed by atoms with van der Waals surface area (Å²) in [7, 11) is 0. The summed E-state index contributed by atoms with van der Waals surface area (Å²) in [6.07, 6.45) is -0.541. The Morgan fingerprint density at radius 3 is 2.15 bits per heavy atom. The Bertz CT molecular complexity index is 3460. The first-order chi connectivity index (χ1) is 33.5. The fourth-order valence-corrected chi connectivity index (χ4v) is 7.26. The van der Waals surface area contributed by atoms with Crippen molar-refractivity contribution < 1.29 is 56.2 Å². The number of phenols is 1. The zero-order chi connectivity index (χ0) is 52.7. The Labute approximate surface area is 393 Å². The van der Waals surface area contributed by atoms with Crippen LogP contribution in [0.15, 0.2) is 133 Å². The Morgan fingerprint density at radius 1 is 0.790 bits per heavy atom. The number of nitrogens with zero attached hydrogens (tertiary/aromatic N) is 3. The second kappa shape index (κ2) is 17.7. The monoisotopic (exact) mass is 1010 g/mol. The van der Waals surface area contributed by atoms with Gasteiger partial charge in [0.2, 0.25) is 0 Å². The van der Waals surface area contributed by atoms with Gasteiger partial charge in [-0.15, -0.1) is 29.3 Å². The van der Waals surface area contributed by atoms with E-state index in [1.807, 2.05) is 51.1 Å². The number of aromatic hydroxyl groups is 1. The van der Waals surface area contributed by atoms with Crippen LogP contribution >= 0.6 is 0 Å². The molecule has 316 valence electrons. The van der Waals surface area contributed by atoms with E-state index in [4.69, 9.17) is 20.1 Å². The number of fused-ring (bicyclic) bond motifs is 1. The van der Waals surface area contributed by atoms with E-state index >= 15 is 0 Å². The molecule has 0 aliphatic carbocycles. The minimum absolute atomic E-state index is 0. The number of carbonyl (C=O) groups excluding carboxylic acids is 1. The predicted molar refractivity (Wildman–Crippen MR) is 246 cm³/mol. The molecule has 0 fully saturated rings. The molecule has 0 spiro atoms. The van der Waals surface area contributed by atoms with Gasteiger partial charge in [0.15, 0.2) is 0 Å². The average Bonchev–Trinajstić information content (AvgIpc) is 3.69. The van der Waals surface area contributed by atoms with Crippen LogP contribution in [0.2, 0.25) is 0 Å². The molecule has 0 bridgehead atoms. The maximum absolute atomic E-state index is 13.8. The molecular weight excluding hydrogens is 950 g/mol. The van der Waals surface area contributed by atoms with Gasteiger partial charge in [-0.25, -0.2) is 9.78 Å². The molecule has 2 aromatic heterocycles. The summed E-state index contributed by atoms with van der Waals surface area (Å²) in [4.78, 5) is 27.8. The van der Waals surface area contributed by atoms with Crippen LogP contribution in [0.25, 0.3) is 72.7 Å². The van der Waals surface area contributed by atoms with Gasteiger partial charge in [0, 0.05) is 39.8 Å². The van der Waals surface area contributed by atoms with Crippen molar-refractivity contribution in [2.45, 2.75) is 72.5 Å². The van der Waals surface area contributed by atoms with Gasteiger partial charge in [0.1, 0.15) is 11.6 Å². The van der Waals surface area contributed by atoms with Crippen LogP contribution in [-0.4, -0.2) is 30.9 Å². The first-order valence-corrected chi connectivity index (χ1v) is 19.7.